The number of anilines is 1. The number of benzene rings is 1. The first-order chi connectivity index (χ1) is 8.98. The molecule has 2 aromatic rings. The van der Waals surface area contributed by atoms with E-state index in [9.17, 15) is 8.78 Å². The maximum absolute atomic E-state index is 13.7. The molecule has 3 nitrogen and oxygen atoms in total. The van der Waals surface area contributed by atoms with Gasteiger partial charge < -0.3 is 10.3 Å². The molecule has 1 aliphatic carbocycles. The van der Waals surface area contributed by atoms with E-state index in [0.717, 1.165) is 18.9 Å². The van der Waals surface area contributed by atoms with E-state index in [0.29, 0.717) is 12.1 Å². The highest BCUT2D eigenvalue weighted by Crippen LogP contribution is 2.40. The fourth-order valence-corrected chi connectivity index (χ4v) is 3.10. The molecule has 1 saturated carbocycles. The molecular weight excluding hydrogens is 248 g/mol. The minimum Gasteiger partial charge on any atom is -0.369 e. The quantitative estimate of drug-likeness (QED) is 0.903. The monoisotopic (exact) mass is 265 g/mol. The molecule has 1 fully saturated rings. The molecule has 1 aromatic heterocycles. The Morgan fingerprint density at radius 3 is 2.68 bits per heavy atom. The number of hydrogen-bond acceptors (Lipinski definition) is 2. The van der Waals surface area contributed by atoms with Crippen molar-refractivity contribution in [3.8, 4) is 0 Å². The largest absolute Gasteiger partial charge is 0.369 e. The zero-order chi connectivity index (χ0) is 13.6. The third-order valence-corrected chi connectivity index (χ3v) is 4.15. The molecule has 3 rings (SSSR count). The number of nitrogen functional groups attached to an aromatic ring is 1. The van der Waals surface area contributed by atoms with Gasteiger partial charge in [0.1, 0.15) is 11.3 Å². The zero-order valence-corrected chi connectivity index (χ0v) is 10.9. The van der Waals surface area contributed by atoms with Crippen LogP contribution in [0.5, 0.6) is 0 Å². The highest BCUT2D eigenvalue weighted by molar-refractivity contribution is 5.79. The van der Waals surface area contributed by atoms with Gasteiger partial charge in [-0.25, -0.2) is 13.8 Å². The van der Waals surface area contributed by atoms with Crippen molar-refractivity contribution in [2.75, 3.05) is 5.73 Å². The lowest BCUT2D eigenvalue weighted by atomic mass is 9.89. The lowest BCUT2D eigenvalue weighted by Gasteiger charge is -2.24. The van der Waals surface area contributed by atoms with Crippen molar-refractivity contribution < 1.29 is 8.78 Å². The molecule has 0 amide bonds. The van der Waals surface area contributed by atoms with Gasteiger partial charge in [0.05, 0.1) is 5.52 Å². The molecule has 0 aliphatic heterocycles. The number of halogens is 2. The van der Waals surface area contributed by atoms with Gasteiger partial charge in [-0.3, -0.25) is 0 Å². The van der Waals surface area contributed by atoms with Gasteiger partial charge in [-0.15, -0.1) is 0 Å². The third kappa shape index (κ3) is 2.07. The second kappa shape index (κ2) is 4.18. The van der Waals surface area contributed by atoms with E-state index in [-0.39, 0.29) is 16.9 Å². The van der Waals surface area contributed by atoms with Gasteiger partial charge in [0, 0.05) is 18.7 Å². The Hall–Kier alpha value is -1.65. The fourth-order valence-electron chi connectivity index (χ4n) is 3.10. The van der Waals surface area contributed by atoms with Crippen LogP contribution >= 0.6 is 0 Å². The van der Waals surface area contributed by atoms with Crippen molar-refractivity contribution in [1.82, 2.24) is 9.55 Å². The molecular formula is C14H17F2N3. The van der Waals surface area contributed by atoms with Crippen LogP contribution in [0, 0.1) is 17.0 Å². The van der Waals surface area contributed by atoms with Crippen molar-refractivity contribution >= 4 is 17.0 Å². The second-order valence-corrected chi connectivity index (χ2v) is 5.83. The minimum absolute atomic E-state index is 0.143. The van der Waals surface area contributed by atoms with Gasteiger partial charge in [0.2, 0.25) is 5.95 Å². The molecule has 0 radical (unpaired) electrons. The van der Waals surface area contributed by atoms with Gasteiger partial charge >= 0.3 is 0 Å². The molecule has 2 N–H and O–H groups in total. The van der Waals surface area contributed by atoms with Crippen molar-refractivity contribution in [2.45, 2.75) is 39.2 Å². The van der Waals surface area contributed by atoms with E-state index in [1.165, 1.54) is 18.9 Å². The van der Waals surface area contributed by atoms with Crippen LogP contribution in [0.25, 0.3) is 11.0 Å². The number of fused-ring (bicyclic) bond motifs is 1. The van der Waals surface area contributed by atoms with E-state index in [1.807, 2.05) is 0 Å². The first-order valence-electron chi connectivity index (χ1n) is 6.59. The first-order valence-corrected chi connectivity index (χ1v) is 6.59. The summed E-state index contributed by atoms with van der Waals surface area (Å²) in [4.78, 5) is 4.03. The molecule has 5 heteroatoms. The van der Waals surface area contributed by atoms with E-state index in [4.69, 9.17) is 5.73 Å². The first kappa shape index (κ1) is 12.4. The topological polar surface area (TPSA) is 43.8 Å². The Morgan fingerprint density at radius 1 is 1.32 bits per heavy atom. The Morgan fingerprint density at radius 2 is 2.00 bits per heavy atom. The van der Waals surface area contributed by atoms with Crippen LogP contribution in [-0.2, 0) is 6.54 Å². The molecule has 0 atom stereocenters. The maximum atomic E-state index is 13.7. The Bertz CT molecular complexity index is 627. The van der Waals surface area contributed by atoms with E-state index < -0.39 is 11.6 Å². The van der Waals surface area contributed by atoms with E-state index in [2.05, 4.69) is 11.9 Å². The summed E-state index contributed by atoms with van der Waals surface area (Å²) in [5, 5.41) is 0. The molecule has 0 bridgehead atoms. The number of hydrogen-bond donors (Lipinski definition) is 1. The van der Waals surface area contributed by atoms with Crippen LogP contribution in [0.3, 0.4) is 0 Å². The van der Waals surface area contributed by atoms with Gasteiger partial charge in [-0.2, -0.15) is 0 Å². The lowest BCUT2D eigenvalue weighted by molar-refractivity contribution is 0.287. The van der Waals surface area contributed by atoms with Gasteiger partial charge in [0.15, 0.2) is 5.82 Å². The average molecular weight is 265 g/mol. The number of nitrogens with two attached hydrogens (primary N) is 1. The standard InChI is InChI=1S/C14H17F2N3/c1-14(4-2-3-5-14)8-19-11-7-9(15)6-10(16)12(11)18-13(19)17/h6-7H,2-5,8H2,1H3,(H2,17,18). The molecule has 0 unspecified atom stereocenters. The van der Waals surface area contributed by atoms with E-state index >= 15 is 0 Å². The maximum Gasteiger partial charge on any atom is 0.201 e. The lowest BCUT2D eigenvalue weighted by Crippen LogP contribution is -2.20. The molecule has 0 saturated heterocycles. The minimum atomic E-state index is -0.656. The molecule has 102 valence electrons. The number of imidazole rings is 1. The number of aromatic nitrogens is 2. The summed E-state index contributed by atoms with van der Waals surface area (Å²) in [5.41, 5.74) is 6.62. The van der Waals surface area contributed by atoms with Crippen molar-refractivity contribution in [3.63, 3.8) is 0 Å². The predicted octanol–water partition coefficient (Wildman–Crippen LogP) is 3.48. The van der Waals surface area contributed by atoms with Gasteiger partial charge in [-0.05, 0) is 18.3 Å². The van der Waals surface area contributed by atoms with Crippen molar-refractivity contribution in [2.24, 2.45) is 5.41 Å². The highest BCUT2D eigenvalue weighted by Gasteiger charge is 2.30. The summed E-state index contributed by atoms with van der Waals surface area (Å²) in [7, 11) is 0. The predicted molar refractivity (Wildman–Crippen MR) is 70.6 cm³/mol. The molecule has 1 aliphatic rings. The van der Waals surface area contributed by atoms with Crippen LogP contribution < -0.4 is 5.73 Å². The SMILES string of the molecule is CC1(Cn2c(N)nc3c(F)cc(F)cc32)CCCC1. The van der Waals surface area contributed by atoms with Crippen molar-refractivity contribution in [1.29, 1.82) is 0 Å². The van der Waals surface area contributed by atoms with Crippen LogP contribution in [0.1, 0.15) is 32.6 Å². The summed E-state index contributed by atoms with van der Waals surface area (Å²) >= 11 is 0. The normalized spacial score (nSPS) is 18.3. The highest BCUT2D eigenvalue weighted by atomic mass is 19.1. The van der Waals surface area contributed by atoms with Crippen LogP contribution in [0.15, 0.2) is 12.1 Å². The van der Waals surface area contributed by atoms with Crippen molar-refractivity contribution in [3.05, 3.63) is 23.8 Å². The number of nitrogens with zero attached hydrogens (tertiary/aromatic N) is 2. The summed E-state index contributed by atoms with van der Waals surface area (Å²) in [6, 6.07) is 2.15. The van der Waals surface area contributed by atoms with Gasteiger partial charge in [-0.1, -0.05) is 19.8 Å². The Balaban J connectivity index is 2.10. The summed E-state index contributed by atoms with van der Waals surface area (Å²) in [6.07, 6.45) is 4.63. The van der Waals surface area contributed by atoms with Gasteiger partial charge in [0.25, 0.3) is 0 Å². The summed E-state index contributed by atoms with van der Waals surface area (Å²) in [6.45, 7) is 2.86. The molecule has 19 heavy (non-hydrogen) atoms. The fraction of sp³-hybridized carbons (Fsp3) is 0.500. The molecule has 1 aromatic carbocycles. The zero-order valence-electron chi connectivity index (χ0n) is 10.9. The second-order valence-electron chi connectivity index (χ2n) is 5.83. The smallest absolute Gasteiger partial charge is 0.201 e. The summed E-state index contributed by atoms with van der Waals surface area (Å²) < 4.78 is 28.8. The van der Waals surface area contributed by atoms with Crippen LogP contribution in [0.2, 0.25) is 0 Å². The molecule has 0 spiro atoms. The Kier molecular flexibility index (Phi) is 2.73. The number of rotatable bonds is 2. The van der Waals surface area contributed by atoms with E-state index in [1.54, 1.807) is 4.57 Å². The molecule has 1 heterocycles. The average Bonchev–Trinajstić information content (AvgIpc) is 2.87. The van der Waals surface area contributed by atoms with Crippen LogP contribution in [-0.4, -0.2) is 9.55 Å². The Labute approximate surface area is 110 Å². The third-order valence-electron chi connectivity index (χ3n) is 4.15. The summed E-state index contributed by atoms with van der Waals surface area (Å²) in [5.74, 6) is -0.993. The van der Waals surface area contributed by atoms with Crippen LogP contribution in [0.4, 0.5) is 14.7 Å².